The molecule has 0 aliphatic heterocycles. The first-order valence-electron chi connectivity index (χ1n) is 9.15. The molecule has 0 N–H and O–H groups in total. The van der Waals surface area contributed by atoms with E-state index in [1.54, 1.807) is 0 Å². The fourth-order valence-electron chi connectivity index (χ4n) is 4.06. The molecule has 0 saturated heterocycles. The lowest BCUT2D eigenvalue weighted by Gasteiger charge is -2.24. The van der Waals surface area contributed by atoms with Gasteiger partial charge in [-0.1, -0.05) is 79.7 Å². The summed E-state index contributed by atoms with van der Waals surface area (Å²) in [6.07, 6.45) is 1.02. The van der Waals surface area contributed by atoms with Crippen molar-refractivity contribution in [2.24, 2.45) is 0 Å². The molecule has 1 aliphatic carbocycles. The third-order valence-electron chi connectivity index (χ3n) is 5.29. The van der Waals surface area contributed by atoms with Gasteiger partial charge in [-0.05, 0) is 30.0 Å². The lowest BCUT2D eigenvalue weighted by Crippen LogP contribution is -2.10. The summed E-state index contributed by atoms with van der Waals surface area (Å²) in [7, 11) is 0. The van der Waals surface area contributed by atoms with Gasteiger partial charge in [0.2, 0.25) is 0 Å². The maximum Gasteiger partial charge on any atom is 0.0966 e. The first-order valence-corrected chi connectivity index (χ1v) is 9.15. The van der Waals surface area contributed by atoms with Crippen molar-refractivity contribution in [1.29, 1.82) is 0 Å². The number of hydrogen-bond donors (Lipinski definition) is 0. The molecule has 1 heterocycles. The van der Waals surface area contributed by atoms with E-state index in [0.717, 1.165) is 17.8 Å². The average molecular weight is 336 g/mol. The van der Waals surface area contributed by atoms with Gasteiger partial charge >= 0.3 is 0 Å². The zero-order valence-electron chi connectivity index (χ0n) is 14.8. The third-order valence-corrected chi connectivity index (χ3v) is 5.29. The minimum Gasteiger partial charge on any atom is -0.232 e. The number of para-hydroxylation sites is 1. The van der Waals surface area contributed by atoms with Gasteiger partial charge in [-0.3, -0.25) is 0 Å². The fraction of sp³-hybridized carbons (Fsp3) is 0.125. The van der Waals surface area contributed by atoms with Gasteiger partial charge in [0.05, 0.1) is 17.1 Å². The van der Waals surface area contributed by atoms with Gasteiger partial charge in [0, 0.05) is 16.7 Å². The van der Waals surface area contributed by atoms with Crippen LogP contribution in [0.2, 0.25) is 0 Å². The molecule has 2 heteroatoms. The summed E-state index contributed by atoms with van der Waals surface area (Å²) in [5, 5.41) is 5.08. The quantitative estimate of drug-likeness (QED) is 0.448. The Labute approximate surface area is 153 Å². The summed E-state index contributed by atoms with van der Waals surface area (Å²) in [5.74, 6) is 0.495. The van der Waals surface area contributed by atoms with Gasteiger partial charge in [0.1, 0.15) is 0 Å². The Kier molecular flexibility index (Phi) is 3.49. The molecule has 0 radical (unpaired) electrons. The Hall–Kier alpha value is -3.13. The van der Waals surface area contributed by atoms with E-state index in [2.05, 4.69) is 90.5 Å². The number of nitrogens with zero attached hydrogens (tertiary/aromatic N) is 2. The van der Waals surface area contributed by atoms with Crippen molar-refractivity contribution in [2.45, 2.75) is 19.3 Å². The second-order valence-corrected chi connectivity index (χ2v) is 6.98. The molecule has 1 unspecified atom stereocenters. The van der Waals surface area contributed by atoms with Crippen LogP contribution < -0.4 is 0 Å². The minimum absolute atomic E-state index is 0.495. The topological polar surface area (TPSA) is 17.8 Å². The molecule has 1 aliphatic rings. The van der Waals surface area contributed by atoms with Crippen LogP contribution >= 0.6 is 0 Å². The smallest absolute Gasteiger partial charge is 0.0966 e. The molecule has 2 nitrogen and oxygen atoms in total. The highest BCUT2D eigenvalue weighted by Crippen LogP contribution is 2.44. The summed E-state index contributed by atoms with van der Waals surface area (Å²) in [5.41, 5.74) is 8.71. The minimum atomic E-state index is 0.495. The molecule has 0 fully saturated rings. The Balaban J connectivity index is 1.84. The maximum absolute atomic E-state index is 5.08. The van der Waals surface area contributed by atoms with Crippen molar-refractivity contribution in [1.82, 2.24) is 9.78 Å². The van der Waals surface area contributed by atoms with E-state index in [1.165, 1.54) is 27.9 Å². The van der Waals surface area contributed by atoms with Crippen molar-refractivity contribution in [2.75, 3.05) is 0 Å². The molecular weight excluding hydrogens is 316 g/mol. The Morgan fingerprint density at radius 2 is 1.46 bits per heavy atom. The Morgan fingerprint density at radius 3 is 2.23 bits per heavy atom. The zero-order valence-corrected chi connectivity index (χ0v) is 14.8. The molecule has 4 aromatic rings. The van der Waals surface area contributed by atoms with E-state index in [9.17, 15) is 0 Å². The van der Waals surface area contributed by atoms with Crippen LogP contribution in [0.3, 0.4) is 0 Å². The van der Waals surface area contributed by atoms with Crippen LogP contribution in [-0.2, 0) is 6.42 Å². The third kappa shape index (κ3) is 2.30. The predicted molar refractivity (Wildman–Crippen MR) is 107 cm³/mol. The van der Waals surface area contributed by atoms with Gasteiger partial charge in [-0.15, -0.1) is 0 Å². The molecule has 1 atom stereocenters. The van der Waals surface area contributed by atoms with Crippen LogP contribution in [0.25, 0.3) is 28.2 Å². The van der Waals surface area contributed by atoms with Gasteiger partial charge < -0.3 is 0 Å². The van der Waals surface area contributed by atoms with Crippen molar-refractivity contribution in [3.05, 3.63) is 96.1 Å². The Morgan fingerprint density at radius 1 is 0.808 bits per heavy atom. The van der Waals surface area contributed by atoms with E-state index in [4.69, 9.17) is 5.10 Å². The number of rotatable bonds is 2. The summed E-state index contributed by atoms with van der Waals surface area (Å²) in [4.78, 5) is 0. The van der Waals surface area contributed by atoms with E-state index in [0.29, 0.717) is 5.92 Å². The van der Waals surface area contributed by atoms with Gasteiger partial charge in [-0.25, -0.2) is 4.68 Å². The lowest BCUT2D eigenvalue weighted by atomic mass is 9.81. The summed E-state index contributed by atoms with van der Waals surface area (Å²) in [6.45, 7) is 2.32. The Bertz CT molecular complexity index is 1060. The van der Waals surface area contributed by atoms with E-state index < -0.39 is 0 Å². The molecule has 26 heavy (non-hydrogen) atoms. The maximum atomic E-state index is 5.08. The highest BCUT2D eigenvalue weighted by atomic mass is 15.3. The molecule has 0 amide bonds. The van der Waals surface area contributed by atoms with Gasteiger partial charge in [0.25, 0.3) is 0 Å². The second kappa shape index (κ2) is 5.99. The van der Waals surface area contributed by atoms with Crippen LogP contribution in [0.4, 0.5) is 0 Å². The second-order valence-electron chi connectivity index (χ2n) is 6.98. The molecule has 5 rings (SSSR count). The molecule has 3 aromatic carbocycles. The number of fused-ring (bicyclic) bond motifs is 3. The van der Waals surface area contributed by atoms with Crippen molar-refractivity contribution < 1.29 is 0 Å². The fourth-order valence-corrected chi connectivity index (χ4v) is 4.06. The summed E-state index contributed by atoms with van der Waals surface area (Å²) >= 11 is 0. The van der Waals surface area contributed by atoms with Crippen molar-refractivity contribution in [3.63, 3.8) is 0 Å². The van der Waals surface area contributed by atoms with Crippen molar-refractivity contribution in [3.8, 4) is 28.2 Å². The predicted octanol–water partition coefficient (Wildman–Crippen LogP) is 5.87. The SMILES string of the molecule is CC1Cc2c(-c3ccccc3)nn(-c3ccccc3)c2-c2ccccc21. The first kappa shape index (κ1) is 15.2. The van der Waals surface area contributed by atoms with E-state index in [1.807, 2.05) is 6.07 Å². The lowest BCUT2D eigenvalue weighted by molar-refractivity contribution is 0.746. The van der Waals surface area contributed by atoms with Crippen LogP contribution in [0.5, 0.6) is 0 Å². The molecule has 0 saturated carbocycles. The molecule has 0 bridgehead atoms. The van der Waals surface area contributed by atoms with E-state index >= 15 is 0 Å². The molecule has 0 spiro atoms. The van der Waals surface area contributed by atoms with Gasteiger partial charge in [0.15, 0.2) is 0 Å². The highest BCUT2D eigenvalue weighted by Gasteiger charge is 2.29. The highest BCUT2D eigenvalue weighted by molar-refractivity contribution is 5.80. The normalized spacial score (nSPS) is 15.3. The zero-order chi connectivity index (χ0) is 17.5. The van der Waals surface area contributed by atoms with Crippen LogP contribution in [0, 0.1) is 0 Å². The first-order chi connectivity index (χ1) is 12.8. The van der Waals surface area contributed by atoms with E-state index in [-0.39, 0.29) is 0 Å². The van der Waals surface area contributed by atoms with Crippen LogP contribution in [-0.4, -0.2) is 9.78 Å². The summed E-state index contributed by atoms with van der Waals surface area (Å²) in [6, 6.07) is 29.8. The number of benzene rings is 3. The summed E-state index contributed by atoms with van der Waals surface area (Å²) < 4.78 is 2.13. The number of hydrogen-bond acceptors (Lipinski definition) is 1. The van der Waals surface area contributed by atoms with Crippen LogP contribution in [0.15, 0.2) is 84.9 Å². The molecular formula is C24H20N2. The van der Waals surface area contributed by atoms with Crippen molar-refractivity contribution >= 4 is 0 Å². The largest absolute Gasteiger partial charge is 0.232 e. The average Bonchev–Trinajstić information content (AvgIpc) is 3.09. The van der Waals surface area contributed by atoms with Gasteiger partial charge in [-0.2, -0.15) is 5.10 Å². The monoisotopic (exact) mass is 336 g/mol. The van der Waals surface area contributed by atoms with Crippen LogP contribution in [0.1, 0.15) is 24.0 Å². The standard InChI is InChI=1S/C24H20N2/c1-17-16-22-23(18-10-4-2-5-11-18)25-26(19-12-6-3-7-13-19)24(22)21-15-9-8-14-20(17)21/h2-15,17H,16H2,1H3. The number of aromatic nitrogens is 2. The molecule has 126 valence electrons. The molecule has 1 aromatic heterocycles.